The zero-order chi connectivity index (χ0) is 33.6. The van der Waals surface area contributed by atoms with E-state index >= 15 is 0 Å². The summed E-state index contributed by atoms with van der Waals surface area (Å²) in [6.45, 7) is 7.89. The number of nitrogens with zero attached hydrogens (tertiary/aromatic N) is 4. The molecule has 0 fully saturated rings. The Labute approximate surface area is 298 Å². The molecule has 0 amide bonds. The van der Waals surface area contributed by atoms with Crippen LogP contribution in [0.25, 0.3) is 77.8 Å². The van der Waals surface area contributed by atoms with Crippen LogP contribution >= 0.6 is 23.5 Å². The Morgan fingerprint density at radius 1 is 0.440 bits per heavy atom. The topological polar surface area (TPSA) is 35.6 Å². The number of rotatable bonds is 8. The standard InChI is InChI=1S/C44H30N4S2/c1-3-49-33-18-22-39-35(27-33)43-41(24-20-37(45-43)29-12-7-5-8-13-29)47(39)31-16-11-17-32(26-31)48-40-23-19-34(50-4-2)28-36(40)44-42(48)25-21-38(46-44)30-14-9-6-10-15-30/h3-28H,1-2H2. The molecule has 4 heterocycles. The lowest BCUT2D eigenvalue weighted by Gasteiger charge is -2.13. The average Bonchev–Trinajstić information content (AvgIpc) is 3.67. The lowest BCUT2D eigenvalue weighted by Crippen LogP contribution is -1.99. The van der Waals surface area contributed by atoms with E-state index in [-0.39, 0.29) is 0 Å². The van der Waals surface area contributed by atoms with Crippen LogP contribution in [0, 0.1) is 0 Å². The van der Waals surface area contributed by atoms with Gasteiger partial charge in [0.25, 0.3) is 0 Å². The number of hydrogen-bond acceptors (Lipinski definition) is 4. The zero-order valence-electron chi connectivity index (χ0n) is 27.0. The van der Waals surface area contributed by atoms with Crippen LogP contribution in [0.3, 0.4) is 0 Å². The summed E-state index contributed by atoms with van der Waals surface area (Å²) in [5.74, 6) is 0. The highest BCUT2D eigenvalue weighted by molar-refractivity contribution is 8.02. The molecule has 4 nitrogen and oxygen atoms in total. The molecule has 0 saturated carbocycles. The predicted octanol–water partition coefficient (Wildman–Crippen LogP) is 12.5. The van der Waals surface area contributed by atoms with Crippen LogP contribution in [-0.4, -0.2) is 19.1 Å². The first-order valence-corrected chi connectivity index (χ1v) is 18.1. The maximum Gasteiger partial charge on any atom is 0.0971 e. The SMILES string of the molecule is C=CSc1ccc2c(c1)c1nc(-c3ccccc3)ccc1n2-c1cccc(-n2c3ccc(SC=C)cc3c3nc(-c4ccccc4)ccc32)c1. The largest absolute Gasteiger partial charge is 0.308 e. The van der Waals surface area contributed by atoms with E-state index in [2.05, 4.69) is 156 Å². The molecule has 9 aromatic rings. The van der Waals surface area contributed by atoms with Gasteiger partial charge in [-0.05, 0) is 89.7 Å². The molecule has 0 saturated heterocycles. The number of thioether (sulfide) groups is 2. The molecule has 4 aromatic heterocycles. The van der Waals surface area contributed by atoms with Gasteiger partial charge in [-0.1, -0.05) is 103 Å². The Bertz CT molecular complexity index is 2560. The van der Waals surface area contributed by atoms with Gasteiger partial charge in [0.2, 0.25) is 0 Å². The van der Waals surface area contributed by atoms with Crippen molar-refractivity contribution in [3.8, 4) is 33.9 Å². The van der Waals surface area contributed by atoms with Gasteiger partial charge in [-0.3, -0.25) is 0 Å². The average molecular weight is 679 g/mol. The van der Waals surface area contributed by atoms with Crippen molar-refractivity contribution in [1.29, 1.82) is 0 Å². The first-order valence-electron chi connectivity index (χ1n) is 16.4. The smallest absolute Gasteiger partial charge is 0.0971 e. The van der Waals surface area contributed by atoms with Gasteiger partial charge in [0, 0.05) is 43.1 Å². The van der Waals surface area contributed by atoms with Crippen molar-refractivity contribution in [1.82, 2.24) is 19.1 Å². The van der Waals surface area contributed by atoms with Crippen LogP contribution in [0.15, 0.2) is 179 Å². The zero-order valence-corrected chi connectivity index (χ0v) is 28.7. The summed E-state index contributed by atoms with van der Waals surface area (Å²) in [5, 5.41) is 5.96. The van der Waals surface area contributed by atoms with Crippen LogP contribution < -0.4 is 0 Å². The van der Waals surface area contributed by atoms with Gasteiger partial charge in [-0.15, -0.1) is 0 Å². The van der Waals surface area contributed by atoms with E-state index in [4.69, 9.17) is 9.97 Å². The monoisotopic (exact) mass is 678 g/mol. The molecule has 238 valence electrons. The molecule has 6 heteroatoms. The number of aromatic nitrogens is 4. The van der Waals surface area contributed by atoms with E-state index in [0.29, 0.717) is 0 Å². The third-order valence-electron chi connectivity index (χ3n) is 9.08. The number of benzene rings is 5. The van der Waals surface area contributed by atoms with Crippen molar-refractivity contribution in [3.05, 3.63) is 170 Å². The molecule has 0 aliphatic rings. The van der Waals surface area contributed by atoms with Crippen LogP contribution in [0.4, 0.5) is 0 Å². The Kier molecular flexibility index (Phi) is 7.61. The maximum absolute atomic E-state index is 5.25. The van der Waals surface area contributed by atoms with Crippen molar-refractivity contribution >= 4 is 67.4 Å². The molecule has 0 unspecified atom stereocenters. The molecule has 9 rings (SSSR count). The van der Waals surface area contributed by atoms with Gasteiger partial charge in [-0.25, -0.2) is 9.97 Å². The van der Waals surface area contributed by atoms with Gasteiger partial charge in [-0.2, -0.15) is 0 Å². The number of pyridine rings is 2. The van der Waals surface area contributed by atoms with Crippen molar-refractivity contribution < 1.29 is 0 Å². The first kappa shape index (κ1) is 30.3. The van der Waals surface area contributed by atoms with Crippen molar-refractivity contribution in [3.63, 3.8) is 0 Å². The predicted molar refractivity (Wildman–Crippen MR) is 214 cm³/mol. The van der Waals surface area contributed by atoms with Crippen molar-refractivity contribution in [2.24, 2.45) is 0 Å². The quantitative estimate of drug-likeness (QED) is 0.150. The van der Waals surface area contributed by atoms with E-state index in [0.717, 1.165) is 87.6 Å². The fourth-order valence-corrected chi connectivity index (χ4v) is 7.98. The highest BCUT2D eigenvalue weighted by Crippen LogP contribution is 2.38. The van der Waals surface area contributed by atoms with E-state index in [1.165, 1.54) is 0 Å². The maximum atomic E-state index is 5.25. The minimum Gasteiger partial charge on any atom is -0.308 e. The fraction of sp³-hybridized carbons (Fsp3) is 0. The van der Waals surface area contributed by atoms with Gasteiger partial charge in [0.1, 0.15) is 0 Å². The highest BCUT2D eigenvalue weighted by Gasteiger charge is 2.19. The molecule has 5 aromatic carbocycles. The number of hydrogen-bond donors (Lipinski definition) is 0. The molecule has 0 bridgehead atoms. The highest BCUT2D eigenvalue weighted by atomic mass is 32.2. The Morgan fingerprint density at radius 3 is 1.32 bits per heavy atom. The van der Waals surface area contributed by atoms with E-state index in [1.54, 1.807) is 23.5 Å². The van der Waals surface area contributed by atoms with Crippen molar-refractivity contribution in [2.75, 3.05) is 0 Å². The van der Waals surface area contributed by atoms with E-state index in [1.807, 2.05) is 22.9 Å². The third-order valence-corrected chi connectivity index (χ3v) is 10.5. The summed E-state index contributed by atoms with van der Waals surface area (Å²) in [7, 11) is 0. The third kappa shape index (κ3) is 5.12. The summed E-state index contributed by atoms with van der Waals surface area (Å²) >= 11 is 3.24. The van der Waals surface area contributed by atoms with Gasteiger partial charge in [0.15, 0.2) is 0 Å². The second-order valence-electron chi connectivity index (χ2n) is 12.0. The van der Waals surface area contributed by atoms with E-state index in [9.17, 15) is 0 Å². The lowest BCUT2D eigenvalue weighted by atomic mass is 10.1. The molecule has 0 spiro atoms. The normalized spacial score (nSPS) is 11.5. The fourth-order valence-electron chi connectivity index (χ4n) is 6.93. The minimum atomic E-state index is 0.953. The first-order chi connectivity index (χ1) is 24.7. The summed E-state index contributed by atoms with van der Waals surface area (Å²) in [5.41, 5.74) is 12.5. The molecule has 0 N–H and O–H groups in total. The van der Waals surface area contributed by atoms with Crippen molar-refractivity contribution in [2.45, 2.75) is 9.79 Å². The van der Waals surface area contributed by atoms with E-state index < -0.39 is 0 Å². The molecular formula is C44H30N4S2. The summed E-state index contributed by atoms with van der Waals surface area (Å²) in [4.78, 5) is 12.8. The Balaban J connectivity index is 1.27. The number of fused-ring (bicyclic) bond motifs is 6. The minimum absolute atomic E-state index is 0.953. The molecule has 50 heavy (non-hydrogen) atoms. The summed E-state index contributed by atoms with van der Waals surface area (Å²) < 4.78 is 4.66. The van der Waals surface area contributed by atoms with Crippen LogP contribution in [-0.2, 0) is 0 Å². The van der Waals surface area contributed by atoms with Gasteiger partial charge >= 0.3 is 0 Å². The second kappa shape index (κ2) is 12.6. The van der Waals surface area contributed by atoms with Crippen LogP contribution in [0.1, 0.15) is 0 Å². The van der Waals surface area contributed by atoms with Gasteiger partial charge < -0.3 is 9.13 Å². The lowest BCUT2D eigenvalue weighted by molar-refractivity contribution is 1.13. The Hall–Kier alpha value is -5.82. The van der Waals surface area contributed by atoms with Crippen LogP contribution in [0.5, 0.6) is 0 Å². The Morgan fingerprint density at radius 2 is 0.880 bits per heavy atom. The second-order valence-corrected chi connectivity index (χ2v) is 14.1. The summed E-state index contributed by atoms with van der Waals surface area (Å²) in [6.07, 6.45) is 0. The molecule has 0 aliphatic carbocycles. The molecule has 0 radical (unpaired) electrons. The molecular weight excluding hydrogens is 649 g/mol. The van der Waals surface area contributed by atoms with Gasteiger partial charge in [0.05, 0.1) is 44.5 Å². The van der Waals surface area contributed by atoms with Crippen LogP contribution in [0.2, 0.25) is 0 Å². The molecule has 0 aliphatic heterocycles. The summed E-state index contributed by atoms with van der Waals surface area (Å²) in [6, 6.07) is 51.3. The molecule has 0 atom stereocenters.